The molecule has 0 unspecified atom stereocenters. The molecule has 2 N–H and O–H groups in total. The Morgan fingerprint density at radius 1 is 1.21 bits per heavy atom. The van der Waals surface area contributed by atoms with Gasteiger partial charge in [0.1, 0.15) is 0 Å². The van der Waals surface area contributed by atoms with Crippen molar-refractivity contribution in [1.82, 2.24) is 9.80 Å². The van der Waals surface area contributed by atoms with Gasteiger partial charge < -0.3 is 15.5 Å². The van der Waals surface area contributed by atoms with E-state index in [4.69, 9.17) is 5.73 Å². The molecular formula is C11H25N3. The van der Waals surface area contributed by atoms with Crippen molar-refractivity contribution in [2.24, 2.45) is 5.73 Å². The minimum atomic E-state index is 0.789. The molecule has 3 heteroatoms. The van der Waals surface area contributed by atoms with Crippen molar-refractivity contribution in [1.29, 1.82) is 0 Å². The molecule has 0 atom stereocenters. The molecule has 0 amide bonds. The van der Waals surface area contributed by atoms with Gasteiger partial charge >= 0.3 is 0 Å². The van der Waals surface area contributed by atoms with E-state index in [1.54, 1.807) is 0 Å². The Balaban J connectivity index is 2.00. The Hall–Kier alpha value is -0.120. The highest BCUT2D eigenvalue weighted by Gasteiger charge is 2.10. The Kier molecular flexibility index (Phi) is 6.15. The molecule has 1 fully saturated rings. The summed E-state index contributed by atoms with van der Waals surface area (Å²) in [5.74, 6) is 0. The summed E-state index contributed by atoms with van der Waals surface area (Å²) >= 11 is 0. The zero-order chi connectivity index (χ0) is 10.2. The summed E-state index contributed by atoms with van der Waals surface area (Å²) in [5.41, 5.74) is 5.55. The first-order valence-corrected chi connectivity index (χ1v) is 6.01. The van der Waals surface area contributed by atoms with Crippen LogP contribution < -0.4 is 5.73 Å². The van der Waals surface area contributed by atoms with Gasteiger partial charge in [-0.2, -0.15) is 0 Å². The summed E-state index contributed by atoms with van der Waals surface area (Å²) in [6.07, 6.45) is 4.11. The number of hydrogen-bond acceptors (Lipinski definition) is 3. The normalized spacial score (nSPS) is 18.2. The molecule has 0 aromatic rings. The third-order valence-electron chi connectivity index (χ3n) is 3.04. The molecular weight excluding hydrogens is 174 g/mol. The van der Waals surface area contributed by atoms with E-state index in [0.29, 0.717) is 0 Å². The topological polar surface area (TPSA) is 32.5 Å². The highest BCUT2D eigenvalue weighted by molar-refractivity contribution is 4.67. The van der Waals surface area contributed by atoms with Gasteiger partial charge in [0.25, 0.3) is 0 Å². The summed E-state index contributed by atoms with van der Waals surface area (Å²) in [7, 11) is 0. The first-order chi connectivity index (χ1) is 6.86. The molecule has 0 bridgehead atoms. The summed E-state index contributed by atoms with van der Waals surface area (Å²) in [6, 6.07) is 0. The van der Waals surface area contributed by atoms with E-state index >= 15 is 0 Å². The smallest absolute Gasteiger partial charge is 0.0104 e. The van der Waals surface area contributed by atoms with Crippen molar-refractivity contribution in [3.8, 4) is 0 Å². The summed E-state index contributed by atoms with van der Waals surface area (Å²) in [4.78, 5) is 5.02. The van der Waals surface area contributed by atoms with Gasteiger partial charge in [-0.1, -0.05) is 6.92 Å². The Morgan fingerprint density at radius 3 is 2.50 bits per heavy atom. The number of hydrogen-bond donors (Lipinski definition) is 1. The van der Waals surface area contributed by atoms with Gasteiger partial charge in [0.2, 0.25) is 0 Å². The molecule has 0 saturated carbocycles. The first-order valence-electron chi connectivity index (χ1n) is 6.01. The van der Waals surface area contributed by atoms with Crippen molar-refractivity contribution < 1.29 is 0 Å². The second-order valence-corrected chi connectivity index (χ2v) is 4.13. The Bertz CT molecular complexity index is 132. The van der Waals surface area contributed by atoms with Gasteiger partial charge in [-0.3, -0.25) is 0 Å². The van der Waals surface area contributed by atoms with E-state index in [-0.39, 0.29) is 0 Å². The average molecular weight is 199 g/mol. The average Bonchev–Trinajstić information content (AvgIpc) is 2.69. The van der Waals surface area contributed by atoms with Crippen LogP contribution in [0.4, 0.5) is 0 Å². The fourth-order valence-electron chi connectivity index (χ4n) is 2.13. The van der Waals surface area contributed by atoms with E-state index in [2.05, 4.69) is 16.7 Å². The summed E-state index contributed by atoms with van der Waals surface area (Å²) < 4.78 is 0. The van der Waals surface area contributed by atoms with Crippen LogP contribution in [-0.2, 0) is 0 Å². The van der Waals surface area contributed by atoms with E-state index in [1.807, 2.05) is 0 Å². The number of rotatable bonds is 7. The highest BCUT2D eigenvalue weighted by atomic mass is 15.2. The maximum Gasteiger partial charge on any atom is 0.0104 e. The van der Waals surface area contributed by atoms with E-state index in [9.17, 15) is 0 Å². The summed E-state index contributed by atoms with van der Waals surface area (Å²) in [6.45, 7) is 10.3. The molecule has 1 heterocycles. The maximum absolute atomic E-state index is 5.55. The molecule has 0 radical (unpaired) electrons. The monoisotopic (exact) mass is 199 g/mol. The molecule has 84 valence electrons. The van der Waals surface area contributed by atoms with E-state index < -0.39 is 0 Å². The standard InChI is InChI=1S/C11H25N3/c1-2-13(11-6-12)9-5-10-14-7-3-4-8-14/h2-12H2,1H3. The molecule has 1 saturated heterocycles. The van der Waals surface area contributed by atoms with E-state index in [0.717, 1.165) is 19.6 Å². The maximum atomic E-state index is 5.55. The molecule has 0 spiro atoms. The predicted octanol–water partition coefficient (Wildman–Crippen LogP) is 0.753. The zero-order valence-electron chi connectivity index (χ0n) is 9.54. The Morgan fingerprint density at radius 2 is 1.93 bits per heavy atom. The Labute approximate surface area is 88.2 Å². The van der Waals surface area contributed by atoms with Crippen LogP contribution in [0.5, 0.6) is 0 Å². The first kappa shape index (κ1) is 12.0. The zero-order valence-corrected chi connectivity index (χ0v) is 9.54. The predicted molar refractivity (Wildman–Crippen MR) is 61.5 cm³/mol. The molecule has 1 rings (SSSR count). The molecule has 0 aromatic heterocycles. The number of likely N-dealkylation sites (N-methyl/N-ethyl adjacent to an activating group) is 1. The van der Waals surface area contributed by atoms with Crippen LogP contribution in [0.25, 0.3) is 0 Å². The van der Waals surface area contributed by atoms with Gasteiger partial charge in [-0.15, -0.1) is 0 Å². The van der Waals surface area contributed by atoms with Crippen molar-refractivity contribution in [2.75, 3.05) is 45.8 Å². The van der Waals surface area contributed by atoms with Crippen LogP contribution in [-0.4, -0.2) is 55.6 Å². The second kappa shape index (κ2) is 7.21. The minimum absolute atomic E-state index is 0.789. The molecule has 3 nitrogen and oxygen atoms in total. The van der Waals surface area contributed by atoms with Crippen LogP contribution in [0.1, 0.15) is 26.2 Å². The lowest BCUT2D eigenvalue weighted by Crippen LogP contribution is -2.32. The van der Waals surface area contributed by atoms with Crippen LogP contribution in [0.15, 0.2) is 0 Å². The molecule has 1 aliphatic heterocycles. The largest absolute Gasteiger partial charge is 0.329 e. The lowest BCUT2D eigenvalue weighted by molar-refractivity contribution is 0.259. The van der Waals surface area contributed by atoms with Crippen molar-refractivity contribution >= 4 is 0 Å². The third kappa shape index (κ3) is 4.40. The minimum Gasteiger partial charge on any atom is -0.329 e. The van der Waals surface area contributed by atoms with E-state index in [1.165, 1.54) is 45.4 Å². The van der Waals surface area contributed by atoms with Crippen LogP contribution >= 0.6 is 0 Å². The lowest BCUT2D eigenvalue weighted by Gasteiger charge is -2.21. The number of nitrogens with zero attached hydrogens (tertiary/aromatic N) is 2. The van der Waals surface area contributed by atoms with Gasteiger partial charge in [0.15, 0.2) is 0 Å². The number of likely N-dealkylation sites (tertiary alicyclic amines) is 1. The van der Waals surface area contributed by atoms with Crippen LogP contribution in [0, 0.1) is 0 Å². The number of nitrogens with two attached hydrogens (primary N) is 1. The van der Waals surface area contributed by atoms with Crippen molar-refractivity contribution in [3.05, 3.63) is 0 Å². The van der Waals surface area contributed by atoms with Gasteiger partial charge in [-0.25, -0.2) is 0 Å². The summed E-state index contributed by atoms with van der Waals surface area (Å²) in [5, 5.41) is 0. The van der Waals surface area contributed by atoms with Crippen molar-refractivity contribution in [3.63, 3.8) is 0 Å². The van der Waals surface area contributed by atoms with Crippen molar-refractivity contribution in [2.45, 2.75) is 26.2 Å². The molecule has 0 aliphatic carbocycles. The van der Waals surface area contributed by atoms with Gasteiger partial charge in [0, 0.05) is 13.1 Å². The molecule has 1 aliphatic rings. The molecule has 14 heavy (non-hydrogen) atoms. The molecule has 0 aromatic carbocycles. The fourth-order valence-corrected chi connectivity index (χ4v) is 2.13. The quantitative estimate of drug-likeness (QED) is 0.657. The van der Waals surface area contributed by atoms with Crippen LogP contribution in [0.2, 0.25) is 0 Å². The third-order valence-corrected chi connectivity index (χ3v) is 3.04. The fraction of sp³-hybridized carbons (Fsp3) is 1.00. The van der Waals surface area contributed by atoms with Gasteiger partial charge in [-0.05, 0) is 52.0 Å². The highest BCUT2D eigenvalue weighted by Crippen LogP contribution is 2.07. The lowest BCUT2D eigenvalue weighted by atomic mass is 10.3. The second-order valence-electron chi connectivity index (χ2n) is 4.13. The van der Waals surface area contributed by atoms with Crippen LogP contribution in [0.3, 0.4) is 0 Å². The van der Waals surface area contributed by atoms with Gasteiger partial charge in [0.05, 0.1) is 0 Å². The SMILES string of the molecule is CCN(CCN)CCCN1CCCC1.